The van der Waals surface area contributed by atoms with Gasteiger partial charge in [0.15, 0.2) is 17.6 Å². The van der Waals surface area contributed by atoms with Gasteiger partial charge in [0.25, 0.3) is 5.91 Å². The fourth-order valence-corrected chi connectivity index (χ4v) is 4.97. The molecule has 3 aromatic carbocycles. The lowest BCUT2D eigenvalue weighted by molar-refractivity contribution is -0.126. The third-order valence-electron chi connectivity index (χ3n) is 6.28. The summed E-state index contributed by atoms with van der Waals surface area (Å²) in [5.74, 6) is -0.141. The van der Waals surface area contributed by atoms with E-state index in [9.17, 15) is 9.59 Å². The van der Waals surface area contributed by atoms with E-state index in [-0.39, 0.29) is 11.8 Å². The van der Waals surface area contributed by atoms with Gasteiger partial charge in [-0.1, -0.05) is 47.1 Å². The van der Waals surface area contributed by atoms with Crippen LogP contribution in [0.3, 0.4) is 0 Å². The lowest BCUT2D eigenvalue weighted by atomic mass is 9.90. The lowest BCUT2D eigenvalue weighted by Gasteiger charge is -2.29. The maximum Gasteiger partial charge on any atom is 0.266 e. The molecule has 0 aliphatic carbocycles. The van der Waals surface area contributed by atoms with Crippen LogP contribution in [0.2, 0.25) is 0 Å². The number of hydrogen-bond donors (Lipinski definition) is 0. The van der Waals surface area contributed by atoms with E-state index in [0.29, 0.717) is 30.4 Å². The Morgan fingerprint density at radius 3 is 2.31 bits per heavy atom. The van der Waals surface area contributed by atoms with Crippen LogP contribution in [0.4, 0.5) is 11.4 Å². The number of fused-ring (bicyclic) bond motifs is 1. The van der Waals surface area contributed by atoms with Gasteiger partial charge in [-0.05, 0) is 67.4 Å². The molecule has 0 aromatic heterocycles. The zero-order valence-corrected chi connectivity index (χ0v) is 21.7. The molecule has 0 radical (unpaired) electrons. The summed E-state index contributed by atoms with van der Waals surface area (Å²) >= 11 is 3.41. The van der Waals surface area contributed by atoms with Gasteiger partial charge in [0, 0.05) is 4.47 Å². The highest BCUT2D eigenvalue weighted by atomic mass is 79.9. The lowest BCUT2D eigenvalue weighted by Crippen LogP contribution is -2.37. The predicted molar refractivity (Wildman–Crippen MR) is 140 cm³/mol. The third kappa shape index (κ3) is 4.35. The van der Waals surface area contributed by atoms with Crippen molar-refractivity contribution in [2.45, 2.75) is 32.4 Å². The molecule has 7 nitrogen and oxygen atoms in total. The van der Waals surface area contributed by atoms with Gasteiger partial charge in [-0.3, -0.25) is 14.4 Å². The van der Waals surface area contributed by atoms with E-state index in [1.54, 1.807) is 17.2 Å². The molecule has 2 aliphatic rings. The van der Waals surface area contributed by atoms with E-state index in [2.05, 4.69) is 15.9 Å². The van der Waals surface area contributed by atoms with Crippen LogP contribution in [0, 0.1) is 5.92 Å². The third-order valence-corrected chi connectivity index (χ3v) is 6.81. The number of hydroxylamine groups is 1. The van der Waals surface area contributed by atoms with Crippen molar-refractivity contribution in [3.8, 4) is 11.5 Å². The summed E-state index contributed by atoms with van der Waals surface area (Å²) in [4.78, 5) is 34.7. The number of nitrogens with zero attached hydrogens (tertiary/aromatic N) is 2. The number of para-hydroxylation sites is 1. The number of anilines is 2. The van der Waals surface area contributed by atoms with Gasteiger partial charge in [0.2, 0.25) is 5.91 Å². The molecule has 0 N–H and O–H groups in total. The number of rotatable bonds is 8. The van der Waals surface area contributed by atoms with Crippen molar-refractivity contribution in [3.63, 3.8) is 0 Å². The summed E-state index contributed by atoms with van der Waals surface area (Å²) in [6.07, 6.45) is -0.0596. The summed E-state index contributed by atoms with van der Waals surface area (Å²) in [6, 6.07) is 21.8. The first-order chi connectivity index (χ1) is 17.5. The molecule has 2 heterocycles. The molecule has 5 rings (SSSR count). The maximum atomic E-state index is 13.8. The molecule has 0 bridgehead atoms. The quantitative estimate of drug-likeness (QED) is 0.336. The standard InChI is InChI=1S/C28H27BrN2O5/c1-3-16-35-22-15-10-18(17-23(22)34-4-2)25-24-26(36-31(25)21-8-6-5-7-9-21)28(33)30(27(24)32)20-13-11-19(29)12-14-20/h5-15,17,24-26H,3-4,16H2,1-2H3/t24-,25-,26-/m0/s1. The van der Waals surface area contributed by atoms with Crippen LogP contribution in [0.15, 0.2) is 77.3 Å². The normalized spacial score (nSPS) is 21.1. The van der Waals surface area contributed by atoms with Gasteiger partial charge >= 0.3 is 0 Å². The number of imide groups is 1. The van der Waals surface area contributed by atoms with Crippen LogP contribution in [0.25, 0.3) is 0 Å². The second-order valence-corrected chi connectivity index (χ2v) is 9.55. The van der Waals surface area contributed by atoms with Crippen LogP contribution in [-0.2, 0) is 14.4 Å². The Labute approximate surface area is 218 Å². The average molecular weight is 551 g/mol. The van der Waals surface area contributed by atoms with Crippen molar-refractivity contribution in [2.24, 2.45) is 5.92 Å². The Morgan fingerprint density at radius 1 is 0.861 bits per heavy atom. The zero-order valence-electron chi connectivity index (χ0n) is 20.1. The minimum atomic E-state index is -0.932. The van der Waals surface area contributed by atoms with Crippen molar-refractivity contribution >= 4 is 39.1 Å². The van der Waals surface area contributed by atoms with Gasteiger partial charge in [-0.15, -0.1) is 0 Å². The fourth-order valence-electron chi connectivity index (χ4n) is 4.71. The topological polar surface area (TPSA) is 68.3 Å². The molecule has 36 heavy (non-hydrogen) atoms. The number of hydrogen-bond acceptors (Lipinski definition) is 6. The maximum absolute atomic E-state index is 13.8. The van der Waals surface area contributed by atoms with Crippen LogP contribution in [0.1, 0.15) is 31.9 Å². The van der Waals surface area contributed by atoms with E-state index in [0.717, 1.165) is 22.1 Å². The molecule has 2 amide bonds. The molecule has 2 saturated heterocycles. The van der Waals surface area contributed by atoms with E-state index >= 15 is 0 Å². The first kappa shape index (κ1) is 24.3. The number of ether oxygens (including phenoxy) is 2. The number of carbonyl (C=O) groups excluding carboxylic acids is 2. The molecule has 3 atom stereocenters. The minimum absolute atomic E-state index is 0.292. The highest BCUT2D eigenvalue weighted by molar-refractivity contribution is 9.10. The molecule has 186 valence electrons. The van der Waals surface area contributed by atoms with E-state index in [4.69, 9.17) is 14.3 Å². The molecule has 0 saturated carbocycles. The molecule has 2 aliphatic heterocycles. The molecular weight excluding hydrogens is 524 g/mol. The van der Waals surface area contributed by atoms with Gasteiger partial charge in [0.05, 0.1) is 30.6 Å². The molecule has 3 aromatic rings. The Morgan fingerprint density at radius 2 is 1.61 bits per heavy atom. The molecule has 8 heteroatoms. The molecule has 0 spiro atoms. The summed E-state index contributed by atoms with van der Waals surface area (Å²) in [5.41, 5.74) is 2.09. The van der Waals surface area contributed by atoms with E-state index in [1.165, 1.54) is 4.90 Å². The molecule has 0 unspecified atom stereocenters. The number of benzene rings is 3. The largest absolute Gasteiger partial charge is 0.490 e. The van der Waals surface area contributed by atoms with Crippen molar-refractivity contribution in [2.75, 3.05) is 23.2 Å². The monoisotopic (exact) mass is 550 g/mol. The van der Waals surface area contributed by atoms with Gasteiger partial charge in [-0.25, -0.2) is 9.96 Å². The summed E-state index contributed by atoms with van der Waals surface area (Å²) in [6.45, 7) is 5.00. The Kier molecular flexibility index (Phi) is 6.98. The van der Waals surface area contributed by atoms with Crippen molar-refractivity contribution < 1.29 is 23.9 Å². The number of carbonyl (C=O) groups is 2. The van der Waals surface area contributed by atoms with Crippen LogP contribution < -0.4 is 19.4 Å². The van der Waals surface area contributed by atoms with Crippen LogP contribution in [-0.4, -0.2) is 31.1 Å². The first-order valence-electron chi connectivity index (χ1n) is 12.1. The summed E-state index contributed by atoms with van der Waals surface area (Å²) < 4.78 is 12.6. The highest BCUT2D eigenvalue weighted by Crippen LogP contribution is 2.48. The van der Waals surface area contributed by atoms with Crippen LogP contribution >= 0.6 is 15.9 Å². The Balaban J connectivity index is 1.57. The van der Waals surface area contributed by atoms with Crippen molar-refractivity contribution in [1.29, 1.82) is 0 Å². The minimum Gasteiger partial charge on any atom is -0.490 e. The SMILES string of the molecule is CCCOc1ccc([C@H]2[C@@H]3C(=O)N(c4ccc(Br)cc4)C(=O)[C@H]3ON2c2ccccc2)cc1OCC. The average Bonchev–Trinajstić information content (AvgIpc) is 3.40. The van der Waals surface area contributed by atoms with Gasteiger partial charge in [-0.2, -0.15) is 0 Å². The Hall–Kier alpha value is -3.36. The number of amides is 2. The highest BCUT2D eigenvalue weighted by Gasteiger charge is 2.60. The number of halogens is 1. The smallest absolute Gasteiger partial charge is 0.266 e. The fraction of sp³-hybridized carbons (Fsp3) is 0.286. The molecular formula is C28H27BrN2O5. The van der Waals surface area contributed by atoms with Gasteiger partial charge in [0.1, 0.15) is 5.92 Å². The molecule has 2 fully saturated rings. The summed E-state index contributed by atoms with van der Waals surface area (Å²) in [7, 11) is 0. The van der Waals surface area contributed by atoms with Crippen molar-refractivity contribution in [1.82, 2.24) is 0 Å². The summed E-state index contributed by atoms with van der Waals surface area (Å²) in [5, 5.41) is 1.68. The first-order valence-corrected chi connectivity index (χ1v) is 12.9. The second-order valence-electron chi connectivity index (χ2n) is 8.63. The van der Waals surface area contributed by atoms with Crippen LogP contribution in [0.5, 0.6) is 11.5 Å². The predicted octanol–water partition coefficient (Wildman–Crippen LogP) is 5.69. The van der Waals surface area contributed by atoms with Gasteiger partial charge < -0.3 is 9.47 Å². The van der Waals surface area contributed by atoms with E-state index in [1.807, 2.05) is 74.5 Å². The van der Waals surface area contributed by atoms with Crippen molar-refractivity contribution in [3.05, 3.63) is 82.8 Å². The Bertz CT molecular complexity index is 1250. The zero-order chi connectivity index (χ0) is 25.2. The second kappa shape index (κ2) is 10.3. The van der Waals surface area contributed by atoms with E-state index < -0.39 is 18.1 Å².